The van der Waals surface area contributed by atoms with Gasteiger partial charge in [-0.3, -0.25) is 4.79 Å². The van der Waals surface area contributed by atoms with Crippen LogP contribution in [0.25, 0.3) is 0 Å². The van der Waals surface area contributed by atoms with E-state index in [0.29, 0.717) is 13.1 Å². The molecule has 1 aromatic rings. The molecule has 1 heterocycles. The van der Waals surface area contributed by atoms with E-state index >= 15 is 0 Å². The molecule has 6 heteroatoms. The first kappa shape index (κ1) is 17.7. The van der Waals surface area contributed by atoms with E-state index in [0.717, 1.165) is 44.1 Å². The molecule has 1 aliphatic heterocycles. The molecule has 0 unspecified atom stereocenters. The van der Waals surface area contributed by atoms with Gasteiger partial charge in [0.2, 0.25) is 0 Å². The number of rotatable bonds is 4. The first-order valence-corrected chi connectivity index (χ1v) is 9.02. The van der Waals surface area contributed by atoms with Gasteiger partial charge in [0.05, 0.1) is 12.0 Å². The SMILES string of the molecule is O=C(O)CC1(NC(=O)N2CC[C@@H](c3ccc(F)cc3)C2)CCCCC1. The quantitative estimate of drug-likeness (QED) is 0.875. The van der Waals surface area contributed by atoms with Crippen LogP contribution in [0.4, 0.5) is 9.18 Å². The Labute approximate surface area is 147 Å². The molecule has 1 atom stereocenters. The zero-order valence-electron chi connectivity index (χ0n) is 14.3. The molecule has 0 bridgehead atoms. The molecule has 1 saturated heterocycles. The number of urea groups is 1. The number of carbonyl (C=O) groups excluding carboxylic acids is 1. The number of carboxylic acids is 1. The summed E-state index contributed by atoms with van der Waals surface area (Å²) in [6.45, 7) is 1.22. The van der Waals surface area contributed by atoms with Crippen LogP contribution in [0.15, 0.2) is 24.3 Å². The lowest BCUT2D eigenvalue weighted by atomic mass is 9.79. The Morgan fingerprint density at radius 1 is 1.20 bits per heavy atom. The summed E-state index contributed by atoms with van der Waals surface area (Å²) < 4.78 is 13.1. The minimum absolute atomic E-state index is 0.0199. The molecule has 25 heavy (non-hydrogen) atoms. The van der Waals surface area contributed by atoms with Crippen LogP contribution in [-0.4, -0.2) is 40.6 Å². The molecule has 1 saturated carbocycles. The molecule has 2 amide bonds. The van der Waals surface area contributed by atoms with Gasteiger partial charge in [0, 0.05) is 19.0 Å². The van der Waals surface area contributed by atoms with E-state index in [1.165, 1.54) is 12.1 Å². The Morgan fingerprint density at radius 2 is 1.88 bits per heavy atom. The molecule has 1 aliphatic carbocycles. The number of amides is 2. The number of hydrogen-bond donors (Lipinski definition) is 2. The summed E-state index contributed by atoms with van der Waals surface area (Å²) in [5.74, 6) is -0.926. The summed E-state index contributed by atoms with van der Waals surface area (Å²) in [6.07, 6.45) is 5.25. The summed E-state index contributed by atoms with van der Waals surface area (Å²) in [5.41, 5.74) is 0.421. The van der Waals surface area contributed by atoms with E-state index in [9.17, 15) is 19.1 Å². The molecular formula is C19H25FN2O3. The fraction of sp³-hybridized carbons (Fsp3) is 0.579. The van der Waals surface area contributed by atoms with E-state index in [2.05, 4.69) is 5.32 Å². The molecule has 0 spiro atoms. The van der Waals surface area contributed by atoms with Gasteiger partial charge in [0.15, 0.2) is 0 Å². The van der Waals surface area contributed by atoms with Crippen molar-refractivity contribution in [3.63, 3.8) is 0 Å². The topological polar surface area (TPSA) is 69.6 Å². The van der Waals surface area contributed by atoms with Gasteiger partial charge >= 0.3 is 12.0 Å². The zero-order valence-corrected chi connectivity index (χ0v) is 14.3. The third-order valence-electron chi connectivity index (χ3n) is 5.49. The third-order valence-corrected chi connectivity index (χ3v) is 5.49. The Hall–Kier alpha value is -2.11. The van der Waals surface area contributed by atoms with Crippen molar-refractivity contribution in [2.45, 2.75) is 56.4 Å². The molecule has 5 nitrogen and oxygen atoms in total. The molecule has 1 aromatic carbocycles. The number of aliphatic carboxylic acids is 1. The summed E-state index contributed by atoms with van der Waals surface area (Å²) in [4.78, 5) is 25.7. The van der Waals surface area contributed by atoms with Crippen molar-refractivity contribution < 1.29 is 19.1 Å². The number of halogens is 1. The molecule has 136 valence electrons. The Bertz CT molecular complexity index is 626. The van der Waals surface area contributed by atoms with Gasteiger partial charge in [-0.05, 0) is 37.0 Å². The molecule has 0 radical (unpaired) electrons. The van der Waals surface area contributed by atoms with Gasteiger partial charge in [-0.25, -0.2) is 9.18 Å². The Kier molecular flexibility index (Phi) is 5.25. The van der Waals surface area contributed by atoms with E-state index in [-0.39, 0.29) is 24.2 Å². The van der Waals surface area contributed by atoms with Gasteiger partial charge in [-0.15, -0.1) is 0 Å². The molecule has 3 rings (SSSR count). The number of carbonyl (C=O) groups is 2. The number of nitrogens with one attached hydrogen (secondary N) is 1. The number of benzene rings is 1. The van der Waals surface area contributed by atoms with Crippen LogP contribution in [0.5, 0.6) is 0 Å². The van der Waals surface area contributed by atoms with Crippen molar-refractivity contribution >= 4 is 12.0 Å². The van der Waals surface area contributed by atoms with Crippen LogP contribution in [-0.2, 0) is 4.79 Å². The van der Waals surface area contributed by atoms with Crippen LogP contribution >= 0.6 is 0 Å². The van der Waals surface area contributed by atoms with Crippen LogP contribution in [0.1, 0.15) is 56.4 Å². The highest BCUT2D eigenvalue weighted by molar-refractivity contribution is 5.77. The van der Waals surface area contributed by atoms with Crippen molar-refractivity contribution in [2.75, 3.05) is 13.1 Å². The van der Waals surface area contributed by atoms with Gasteiger partial charge in [-0.2, -0.15) is 0 Å². The molecule has 2 N–H and O–H groups in total. The molecule has 2 aliphatic rings. The third kappa shape index (κ3) is 4.30. The van der Waals surface area contributed by atoms with E-state index in [4.69, 9.17) is 0 Å². The maximum Gasteiger partial charge on any atom is 0.317 e. The Morgan fingerprint density at radius 3 is 2.52 bits per heavy atom. The smallest absolute Gasteiger partial charge is 0.317 e. The van der Waals surface area contributed by atoms with Crippen molar-refractivity contribution in [1.29, 1.82) is 0 Å². The van der Waals surface area contributed by atoms with Crippen LogP contribution in [0.3, 0.4) is 0 Å². The van der Waals surface area contributed by atoms with E-state index in [1.807, 2.05) is 0 Å². The second kappa shape index (κ2) is 7.42. The van der Waals surface area contributed by atoms with Gasteiger partial charge in [0.1, 0.15) is 5.82 Å². The maximum atomic E-state index is 13.1. The zero-order chi connectivity index (χ0) is 17.9. The molecule has 2 fully saturated rings. The lowest BCUT2D eigenvalue weighted by Crippen LogP contribution is -2.54. The predicted molar refractivity (Wildman–Crippen MR) is 91.9 cm³/mol. The van der Waals surface area contributed by atoms with Crippen molar-refractivity contribution in [3.8, 4) is 0 Å². The Balaban J connectivity index is 1.62. The fourth-order valence-corrected chi connectivity index (χ4v) is 4.12. The van der Waals surface area contributed by atoms with Crippen molar-refractivity contribution in [3.05, 3.63) is 35.6 Å². The van der Waals surface area contributed by atoms with Crippen molar-refractivity contribution in [1.82, 2.24) is 10.2 Å². The summed E-state index contributed by atoms with van der Waals surface area (Å²) >= 11 is 0. The van der Waals surface area contributed by atoms with Gasteiger partial charge < -0.3 is 15.3 Å². The second-order valence-electron chi connectivity index (χ2n) is 7.32. The number of nitrogens with zero attached hydrogens (tertiary/aromatic N) is 1. The highest BCUT2D eigenvalue weighted by Gasteiger charge is 2.38. The number of carboxylic acid groups (broad SMARTS) is 1. The largest absolute Gasteiger partial charge is 0.481 e. The van der Waals surface area contributed by atoms with Gasteiger partial charge in [-0.1, -0.05) is 31.4 Å². The lowest BCUT2D eigenvalue weighted by Gasteiger charge is -2.38. The van der Waals surface area contributed by atoms with E-state index in [1.54, 1.807) is 17.0 Å². The maximum absolute atomic E-state index is 13.1. The standard InChI is InChI=1S/C19H25FN2O3/c20-16-6-4-14(5-7-16)15-8-11-22(13-15)18(25)21-19(12-17(23)24)9-2-1-3-10-19/h4-7,15H,1-3,8-13H2,(H,21,25)(H,23,24)/t15-/m1/s1. The van der Waals surface area contributed by atoms with Crippen LogP contribution < -0.4 is 5.32 Å². The lowest BCUT2D eigenvalue weighted by molar-refractivity contribution is -0.139. The fourth-order valence-electron chi connectivity index (χ4n) is 4.12. The summed E-state index contributed by atoms with van der Waals surface area (Å²) in [6, 6.07) is 6.26. The van der Waals surface area contributed by atoms with Crippen molar-refractivity contribution in [2.24, 2.45) is 0 Å². The average Bonchev–Trinajstić information content (AvgIpc) is 3.05. The second-order valence-corrected chi connectivity index (χ2v) is 7.32. The van der Waals surface area contributed by atoms with Crippen LogP contribution in [0.2, 0.25) is 0 Å². The number of hydrogen-bond acceptors (Lipinski definition) is 2. The summed E-state index contributed by atoms with van der Waals surface area (Å²) in [5, 5.41) is 12.3. The summed E-state index contributed by atoms with van der Waals surface area (Å²) in [7, 11) is 0. The minimum Gasteiger partial charge on any atom is -0.481 e. The molecule has 0 aromatic heterocycles. The monoisotopic (exact) mass is 348 g/mol. The first-order chi connectivity index (χ1) is 12.0. The molecular weight excluding hydrogens is 323 g/mol. The highest BCUT2D eigenvalue weighted by Crippen LogP contribution is 2.32. The predicted octanol–water partition coefficient (Wildman–Crippen LogP) is 3.50. The number of likely N-dealkylation sites (tertiary alicyclic amines) is 1. The minimum atomic E-state index is -0.868. The normalized spacial score (nSPS) is 22.6. The highest BCUT2D eigenvalue weighted by atomic mass is 19.1. The average molecular weight is 348 g/mol. The van der Waals surface area contributed by atoms with Crippen LogP contribution in [0, 0.1) is 5.82 Å². The van der Waals surface area contributed by atoms with Gasteiger partial charge in [0.25, 0.3) is 0 Å². The first-order valence-electron chi connectivity index (χ1n) is 9.02. The van der Waals surface area contributed by atoms with E-state index < -0.39 is 11.5 Å².